The molecule has 1 fully saturated rings. The van der Waals surface area contributed by atoms with Gasteiger partial charge in [0.15, 0.2) is 0 Å². The summed E-state index contributed by atoms with van der Waals surface area (Å²) < 4.78 is 19.1. The molecular formula is C19H20FNO4. The van der Waals surface area contributed by atoms with Crippen LogP contribution in [0.25, 0.3) is 0 Å². The van der Waals surface area contributed by atoms with Gasteiger partial charge >= 0.3 is 0 Å². The lowest BCUT2D eigenvalue weighted by Gasteiger charge is -2.25. The third-order valence-electron chi connectivity index (χ3n) is 4.49. The number of carbonyl (C=O) groups is 1. The minimum Gasteiger partial charge on any atom is -0.497 e. The molecule has 0 bridgehead atoms. The Balaban J connectivity index is 1.90. The van der Waals surface area contributed by atoms with Crippen LogP contribution in [0.1, 0.15) is 33.9 Å². The highest BCUT2D eigenvalue weighted by molar-refractivity contribution is 5.94. The van der Waals surface area contributed by atoms with E-state index in [0.29, 0.717) is 12.2 Å². The quantitative estimate of drug-likeness (QED) is 0.892. The molecule has 2 N–H and O–H groups in total. The molecule has 0 radical (unpaired) electrons. The Morgan fingerprint density at radius 2 is 2.12 bits per heavy atom. The van der Waals surface area contributed by atoms with Gasteiger partial charge in [-0.2, -0.15) is 0 Å². The fourth-order valence-electron chi connectivity index (χ4n) is 3.18. The molecule has 3 rings (SSSR count). The lowest BCUT2D eigenvalue weighted by molar-refractivity contribution is 0.0715. The zero-order chi connectivity index (χ0) is 18.0. The van der Waals surface area contributed by atoms with Crippen molar-refractivity contribution in [3.63, 3.8) is 0 Å². The van der Waals surface area contributed by atoms with Gasteiger partial charge in [0.25, 0.3) is 5.91 Å². The van der Waals surface area contributed by atoms with E-state index in [2.05, 4.69) is 0 Å². The Kier molecular flexibility index (Phi) is 5.01. The van der Waals surface area contributed by atoms with Crippen molar-refractivity contribution >= 4 is 5.91 Å². The van der Waals surface area contributed by atoms with Gasteiger partial charge < -0.3 is 19.8 Å². The number of ether oxygens (including phenoxy) is 1. The summed E-state index contributed by atoms with van der Waals surface area (Å²) in [6, 6.07) is 11.1. The lowest BCUT2D eigenvalue weighted by Crippen LogP contribution is -2.31. The smallest absolute Gasteiger partial charge is 0.254 e. The maximum atomic E-state index is 13.9. The maximum absolute atomic E-state index is 13.9. The van der Waals surface area contributed by atoms with Gasteiger partial charge in [-0.15, -0.1) is 0 Å². The Bertz CT molecular complexity index is 780. The highest BCUT2D eigenvalue weighted by atomic mass is 19.1. The number of amides is 1. The lowest BCUT2D eigenvalue weighted by atomic mass is 10.0. The van der Waals surface area contributed by atoms with E-state index < -0.39 is 18.5 Å². The van der Waals surface area contributed by atoms with Crippen molar-refractivity contribution in [2.75, 3.05) is 13.7 Å². The van der Waals surface area contributed by atoms with E-state index in [1.165, 1.54) is 12.1 Å². The molecule has 6 heteroatoms. The van der Waals surface area contributed by atoms with Crippen LogP contribution in [-0.4, -0.2) is 40.8 Å². The Labute approximate surface area is 145 Å². The number of nitrogens with zero attached hydrogens (tertiary/aromatic N) is 1. The van der Waals surface area contributed by atoms with Gasteiger partial charge in [-0.1, -0.05) is 18.2 Å². The topological polar surface area (TPSA) is 70.0 Å². The normalized spacial score (nSPS) is 19.9. The summed E-state index contributed by atoms with van der Waals surface area (Å²) in [6.07, 6.45) is -0.224. The van der Waals surface area contributed by atoms with Gasteiger partial charge in [-0.05, 0) is 36.2 Å². The third-order valence-corrected chi connectivity index (χ3v) is 4.49. The standard InChI is InChI=1S/C19H20FNO4/c1-25-16-4-2-3-12(7-16)18-9-15(23)10-21(18)19(24)13-5-6-14(11-22)17(20)8-13/h2-8,15,18,22-23H,9-11H2,1H3/t15-,18+/m0/s1. The van der Waals surface area contributed by atoms with Gasteiger partial charge in [-0.3, -0.25) is 4.79 Å². The number of aliphatic hydroxyl groups excluding tert-OH is 2. The van der Waals surface area contributed by atoms with E-state index in [1.807, 2.05) is 24.3 Å². The Morgan fingerprint density at radius 1 is 1.32 bits per heavy atom. The van der Waals surface area contributed by atoms with Crippen LogP contribution in [0, 0.1) is 5.82 Å². The van der Waals surface area contributed by atoms with Crippen molar-refractivity contribution in [1.82, 2.24) is 4.90 Å². The number of rotatable bonds is 4. The number of hydrogen-bond donors (Lipinski definition) is 2. The van der Waals surface area contributed by atoms with Crippen LogP contribution in [0.4, 0.5) is 4.39 Å². The average Bonchev–Trinajstić information content (AvgIpc) is 3.02. The van der Waals surface area contributed by atoms with Crippen LogP contribution < -0.4 is 4.74 Å². The molecule has 132 valence electrons. The predicted molar refractivity (Wildman–Crippen MR) is 89.7 cm³/mol. The number of halogens is 1. The Hall–Kier alpha value is -2.44. The second-order valence-corrected chi connectivity index (χ2v) is 6.10. The summed E-state index contributed by atoms with van der Waals surface area (Å²) >= 11 is 0. The van der Waals surface area contributed by atoms with Crippen LogP contribution in [0.15, 0.2) is 42.5 Å². The first-order valence-corrected chi connectivity index (χ1v) is 8.05. The number of aliphatic hydroxyl groups is 2. The summed E-state index contributed by atoms with van der Waals surface area (Å²) in [5.74, 6) is -0.302. The summed E-state index contributed by atoms with van der Waals surface area (Å²) in [4.78, 5) is 14.4. The van der Waals surface area contributed by atoms with Crippen LogP contribution in [-0.2, 0) is 6.61 Å². The molecule has 1 aliphatic rings. The second kappa shape index (κ2) is 7.21. The molecule has 2 aromatic carbocycles. The molecule has 1 amide bonds. The van der Waals surface area contributed by atoms with Crippen LogP contribution in [0.3, 0.4) is 0 Å². The molecule has 0 unspecified atom stereocenters. The van der Waals surface area contributed by atoms with E-state index in [1.54, 1.807) is 12.0 Å². The number of carbonyl (C=O) groups excluding carboxylic acids is 1. The Morgan fingerprint density at radius 3 is 2.80 bits per heavy atom. The largest absolute Gasteiger partial charge is 0.497 e. The van der Waals surface area contributed by atoms with Crippen molar-refractivity contribution < 1.29 is 24.1 Å². The van der Waals surface area contributed by atoms with Gasteiger partial charge in [-0.25, -0.2) is 4.39 Å². The summed E-state index contributed by atoms with van der Waals surface area (Å²) in [5.41, 5.74) is 1.19. The fraction of sp³-hybridized carbons (Fsp3) is 0.316. The van der Waals surface area contributed by atoms with Crippen molar-refractivity contribution in [3.05, 3.63) is 65.0 Å². The molecule has 2 atom stereocenters. The number of hydrogen-bond acceptors (Lipinski definition) is 4. The zero-order valence-corrected chi connectivity index (χ0v) is 13.9. The fourth-order valence-corrected chi connectivity index (χ4v) is 3.18. The van der Waals surface area contributed by atoms with Gasteiger partial charge in [0.1, 0.15) is 11.6 Å². The molecule has 1 aliphatic heterocycles. The molecule has 0 saturated carbocycles. The van der Waals surface area contributed by atoms with E-state index in [0.717, 1.165) is 11.6 Å². The SMILES string of the molecule is COc1cccc([C@H]2C[C@H](O)CN2C(=O)c2ccc(CO)c(F)c2)c1. The number of β-amino-alcohol motifs (C(OH)–C–C–N with tert-alkyl or cyclic N) is 1. The maximum Gasteiger partial charge on any atom is 0.254 e. The van der Waals surface area contributed by atoms with Gasteiger partial charge in [0.2, 0.25) is 0 Å². The van der Waals surface area contributed by atoms with Crippen molar-refractivity contribution in [1.29, 1.82) is 0 Å². The highest BCUT2D eigenvalue weighted by Gasteiger charge is 2.36. The predicted octanol–water partition coefficient (Wildman–Crippen LogP) is 2.27. The van der Waals surface area contributed by atoms with Crippen molar-refractivity contribution in [3.8, 4) is 5.75 Å². The van der Waals surface area contributed by atoms with Gasteiger partial charge in [0, 0.05) is 17.7 Å². The summed E-state index contributed by atoms with van der Waals surface area (Å²) in [7, 11) is 1.57. The summed E-state index contributed by atoms with van der Waals surface area (Å²) in [5, 5.41) is 19.1. The number of methoxy groups -OCH3 is 1. The first-order chi connectivity index (χ1) is 12.0. The molecule has 25 heavy (non-hydrogen) atoms. The molecule has 0 spiro atoms. The average molecular weight is 345 g/mol. The molecule has 1 heterocycles. The number of benzene rings is 2. The van der Waals surface area contributed by atoms with E-state index in [9.17, 15) is 14.3 Å². The zero-order valence-electron chi connectivity index (χ0n) is 13.9. The molecular weight excluding hydrogens is 325 g/mol. The second-order valence-electron chi connectivity index (χ2n) is 6.10. The first kappa shape index (κ1) is 17.4. The summed E-state index contributed by atoms with van der Waals surface area (Å²) in [6.45, 7) is -0.237. The van der Waals surface area contributed by atoms with Crippen LogP contribution in [0.2, 0.25) is 0 Å². The van der Waals surface area contributed by atoms with E-state index >= 15 is 0 Å². The van der Waals surface area contributed by atoms with Crippen molar-refractivity contribution in [2.24, 2.45) is 0 Å². The number of likely N-dealkylation sites (tertiary alicyclic amines) is 1. The highest BCUT2D eigenvalue weighted by Crippen LogP contribution is 2.34. The molecule has 0 aliphatic carbocycles. The molecule has 2 aromatic rings. The van der Waals surface area contributed by atoms with Crippen LogP contribution >= 0.6 is 0 Å². The van der Waals surface area contributed by atoms with Crippen molar-refractivity contribution in [2.45, 2.75) is 25.2 Å². The molecule has 1 saturated heterocycles. The van der Waals surface area contributed by atoms with E-state index in [-0.39, 0.29) is 29.6 Å². The minimum atomic E-state index is -0.637. The van der Waals surface area contributed by atoms with E-state index in [4.69, 9.17) is 9.84 Å². The first-order valence-electron chi connectivity index (χ1n) is 8.05. The van der Waals surface area contributed by atoms with Gasteiger partial charge in [0.05, 0.1) is 25.9 Å². The minimum absolute atomic E-state index is 0.141. The third kappa shape index (κ3) is 3.50. The van der Waals surface area contributed by atoms with Crippen LogP contribution in [0.5, 0.6) is 5.75 Å². The molecule has 0 aromatic heterocycles. The monoisotopic (exact) mass is 345 g/mol. The molecule has 5 nitrogen and oxygen atoms in total.